The molecule has 0 radical (unpaired) electrons. The van der Waals surface area contributed by atoms with E-state index in [1.165, 1.54) is 11.0 Å². The van der Waals surface area contributed by atoms with Crippen molar-refractivity contribution in [2.75, 3.05) is 19.4 Å². The number of likely N-dealkylation sites (N-methyl/N-ethyl adjacent to an activating group) is 1. The fourth-order valence-corrected chi connectivity index (χ4v) is 6.67. The van der Waals surface area contributed by atoms with Crippen molar-refractivity contribution in [2.45, 2.75) is 50.9 Å². The summed E-state index contributed by atoms with van der Waals surface area (Å²) in [6.07, 6.45) is -0.478. The van der Waals surface area contributed by atoms with Crippen molar-refractivity contribution in [3.63, 3.8) is 0 Å². The quantitative estimate of drug-likeness (QED) is 0.282. The lowest BCUT2D eigenvalue weighted by molar-refractivity contribution is -0.153. The summed E-state index contributed by atoms with van der Waals surface area (Å²) in [7, 11) is 3.09. The average molecular weight is 606 g/mol. The van der Waals surface area contributed by atoms with Gasteiger partial charge in [-0.3, -0.25) is 24.6 Å². The summed E-state index contributed by atoms with van der Waals surface area (Å²) in [5.74, 6) is -7.04. The molecule has 5 rings (SSSR count). The minimum absolute atomic E-state index is 0.00486. The Labute approximate surface area is 253 Å². The normalized spacial score (nSPS) is 24.9. The van der Waals surface area contributed by atoms with E-state index in [1.54, 1.807) is 65.2 Å². The van der Waals surface area contributed by atoms with Gasteiger partial charge in [0, 0.05) is 17.2 Å². The van der Waals surface area contributed by atoms with Crippen LogP contribution in [0.3, 0.4) is 0 Å². The highest BCUT2D eigenvalue weighted by Gasteiger charge is 2.64. The monoisotopic (exact) mass is 605 g/mol. The zero-order valence-electron chi connectivity index (χ0n) is 25.0. The molecule has 0 spiro atoms. The van der Waals surface area contributed by atoms with Gasteiger partial charge < -0.3 is 30.9 Å². The molecule has 12 heteroatoms. The van der Waals surface area contributed by atoms with Crippen LogP contribution in [0, 0.1) is 11.8 Å². The molecular weight excluding hydrogens is 570 g/mol. The number of hydrogen-bond donors (Lipinski definition) is 6. The van der Waals surface area contributed by atoms with Crippen molar-refractivity contribution < 1.29 is 44.3 Å². The molecule has 0 saturated heterocycles. The summed E-state index contributed by atoms with van der Waals surface area (Å²) < 4.78 is 5.29. The highest BCUT2D eigenvalue weighted by Crippen LogP contribution is 2.53. The van der Waals surface area contributed by atoms with E-state index in [4.69, 9.17) is 10.5 Å². The van der Waals surface area contributed by atoms with Crippen LogP contribution in [0.5, 0.6) is 5.75 Å². The van der Waals surface area contributed by atoms with Crippen LogP contribution in [-0.4, -0.2) is 80.2 Å². The minimum atomic E-state index is -2.70. The number of Topliss-reactive ketones (excluding diaryl/α,β-unsaturated/α-hetero) is 2. The number of nitrogens with one attached hydrogen (secondary N) is 1. The highest BCUT2D eigenvalue weighted by atomic mass is 16.6. The number of aromatic hydroxyl groups is 1. The number of anilines is 1. The largest absolute Gasteiger partial charge is 0.508 e. The number of phenols is 1. The zero-order valence-corrected chi connectivity index (χ0v) is 25.0. The molecule has 0 aliphatic heterocycles. The van der Waals surface area contributed by atoms with Gasteiger partial charge in [0.2, 0.25) is 5.78 Å². The van der Waals surface area contributed by atoms with Crippen molar-refractivity contribution in [1.82, 2.24) is 4.90 Å². The van der Waals surface area contributed by atoms with Crippen molar-refractivity contribution in [3.05, 3.63) is 64.4 Å². The Morgan fingerprint density at radius 2 is 1.68 bits per heavy atom. The third kappa shape index (κ3) is 4.80. The van der Waals surface area contributed by atoms with Gasteiger partial charge in [0.05, 0.1) is 11.6 Å². The second-order valence-electron chi connectivity index (χ2n) is 12.7. The van der Waals surface area contributed by atoms with E-state index < -0.39 is 69.7 Å². The van der Waals surface area contributed by atoms with E-state index in [1.807, 2.05) is 0 Å². The zero-order chi connectivity index (χ0) is 32.5. The van der Waals surface area contributed by atoms with Crippen LogP contribution in [0.15, 0.2) is 53.3 Å². The number of benzene rings is 2. The van der Waals surface area contributed by atoms with Gasteiger partial charge in [-0.1, -0.05) is 18.2 Å². The van der Waals surface area contributed by atoms with Gasteiger partial charge in [-0.05, 0) is 88.5 Å². The van der Waals surface area contributed by atoms with E-state index in [0.717, 1.165) is 0 Å². The summed E-state index contributed by atoms with van der Waals surface area (Å²) in [5, 5.41) is 47.7. The number of ether oxygens (including phenoxy) is 1. The predicted octanol–water partition coefficient (Wildman–Crippen LogP) is 2.98. The number of carbonyl (C=O) groups is 4. The summed E-state index contributed by atoms with van der Waals surface area (Å²) in [5.41, 5.74) is 3.26. The molecule has 1 unspecified atom stereocenters. The molecule has 12 nitrogen and oxygen atoms in total. The second kappa shape index (κ2) is 10.5. The molecule has 1 saturated carbocycles. The lowest BCUT2D eigenvalue weighted by Gasteiger charge is -2.50. The van der Waals surface area contributed by atoms with Crippen molar-refractivity contribution in [1.29, 1.82) is 0 Å². The molecule has 232 valence electrons. The standard InChI is InChI=1S/C32H35N3O9/c1-31(2,3)44-30(42)34-16-8-6-14(7-9-16)17-10-11-20(36)22-18(17)12-15-13-19-24(35(4)5)26(38)23(29(33)41)28(40)32(19,43)27(39)21(15)25(22)37/h6-11,15,19,24,36-37,40,43H,12-13H2,1-5H3,(H2,33,41)(H,34,42)/t15-,19-,24?,32-/m0/s1. The molecule has 1 fully saturated rings. The van der Waals surface area contributed by atoms with E-state index >= 15 is 0 Å². The molecule has 2 aromatic rings. The van der Waals surface area contributed by atoms with Gasteiger partial charge in [-0.15, -0.1) is 0 Å². The van der Waals surface area contributed by atoms with E-state index in [9.17, 15) is 39.6 Å². The Kier molecular flexibility index (Phi) is 7.34. The number of hydrogen-bond acceptors (Lipinski definition) is 10. The van der Waals surface area contributed by atoms with Crippen LogP contribution in [-0.2, 0) is 25.5 Å². The number of ketones is 2. The third-order valence-corrected chi connectivity index (χ3v) is 8.45. The molecule has 0 bridgehead atoms. The lowest BCUT2D eigenvalue weighted by atomic mass is 9.57. The number of carbonyl (C=O) groups excluding carboxylic acids is 4. The maximum Gasteiger partial charge on any atom is 0.412 e. The Hall–Kier alpha value is -4.68. The van der Waals surface area contributed by atoms with Crippen molar-refractivity contribution >= 4 is 35.0 Å². The minimum Gasteiger partial charge on any atom is -0.508 e. The van der Waals surface area contributed by atoms with Gasteiger partial charge in [-0.25, -0.2) is 4.79 Å². The third-order valence-electron chi connectivity index (χ3n) is 8.45. The average Bonchev–Trinajstić information content (AvgIpc) is 2.90. The predicted molar refractivity (Wildman–Crippen MR) is 160 cm³/mol. The number of aliphatic hydroxyl groups is 3. The number of fused-ring (bicyclic) bond motifs is 3. The van der Waals surface area contributed by atoms with E-state index in [2.05, 4.69) is 5.32 Å². The maximum atomic E-state index is 14.0. The number of amides is 2. The number of primary amides is 1. The van der Waals surface area contributed by atoms with Gasteiger partial charge >= 0.3 is 6.09 Å². The Morgan fingerprint density at radius 3 is 2.25 bits per heavy atom. The molecule has 0 aromatic heterocycles. The van der Waals surface area contributed by atoms with Gasteiger partial charge in [0.15, 0.2) is 11.4 Å². The summed E-state index contributed by atoms with van der Waals surface area (Å²) >= 11 is 0. The number of phenolic OH excluding ortho intramolecular Hbond substituents is 1. The maximum absolute atomic E-state index is 14.0. The van der Waals surface area contributed by atoms with Crippen molar-refractivity contribution in [3.8, 4) is 16.9 Å². The Bertz CT molecular complexity index is 1670. The molecule has 3 aliphatic carbocycles. The molecule has 4 atom stereocenters. The first-order chi connectivity index (χ1) is 20.5. The summed E-state index contributed by atoms with van der Waals surface area (Å²) in [4.78, 5) is 53.1. The summed E-state index contributed by atoms with van der Waals surface area (Å²) in [6.45, 7) is 5.26. The lowest BCUT2D eigenvalue weighted by Crippen LogP contribution is -2.65. The van der Waals surface area contributed by atoms with Crippen LogP contribution in [0.1, 0.15) is 38.3 Å². The first-order valence-electron chi connectivity index (χ1n) is 14.1. The molecular formula is C32H35N3O9. The molecule has 2 aromatic carbocycles. The summed E-state index contributed by atoms with van der Waals surface area (Å²) in [6, 6.07) is 8.71. The van der Waals surface area contributed by atoms with Gasteiger partial charge in [0.1, 0.15) is 28.4 Å². The number of nitrogens with zero attached hydrogens (tertiary/aromatic N) is 1. The van der Waals surface area contributed by atoms with Crippen LogP contribution < -0.4 is 11.1 Å². The van der Waals surface area contributed by atoms with Crippen molar-refractivity contribution in [2.24, 2.45) is 17.6 Å². The topological polar surface area (TPSA) is 200 Å². The first-order valence-corrected chi connectivity index (χ1v) is 14.1. The number of rotatable bonds is 4. The molecule has 3 aliphatic rings. The van der Waals surface area contributed by atoms with E-state index in [-0.39, 0.29) is 29.7 Å². The van der Waals surface area contributed by atoms with Crippen LogP contribution in [0.25, 0.3) is 16.9 Å². The Morgan fingerprint density at radius 1 is 1.05 bits per heavy atom. The molecule has 2 amide bonds. The first kappa shape index (κ1) is 30.8. The fourth-order valence-electron chi connectivity index (χ4n) is 6.67. The second-order valence-corrected chi connectivity index (χ2v) is 12.7. The van der Waals surface area contributed by atoms with Crippen LogP contribution in [0.4, 0.5) is 10.5 Å². The SMILES string of the molecule is CN(C)C1C(=O)C(C(N)=O)=C(O)[C@@]2(O)C(=O)C3=C(O)c4c(O)ccc(-c5ccc(NC(=O)OC(C)(C)C)cc5)c4C[C@H]3C[C@@H]12. The fraction of sp³-hybridized carbons (Fsp3) is 0.375. The van der Waals surface area contributed by atoms with Crippen LogP contribution >= 0.6 is 0 Å². The highest BCUT2D eigenvalue weighted by molar-refractivity contribution is 6.24. The van der Waals surface area contributed by atoms with Gasteiger partial charge in [-0.2, -0.15) is 0 Å². The number of nitrogens with two attached hydrogens (primary N) is 1. The smallest absolute Gasteiger partial charge is 0.412 e. The van der Waals surface area contributed by atoms with E-state index in [0.29, 0.717) is 22.4 Å². The molecule has 0 heterocycles. The Balaban J connectivity index is 1.58. The molecule has 7 N–H and O–H groups in total. The van der Waals surface area contributed by atoms with Crippen LogP contribution in [0.2, 0.25) is 0 Å². The number of aliphatic hydroxyl groups excluding tert-OH is 2. The molecule has 44 heavy (non-hydrogen) atoms. The van der Waals surface area contributed by atoms with Gasteiger partial charge in [0.25, 0.3) is 5.91 Å².